The van der Waals surface area contributed by atoms with Crippen molar-refractivity contribution in [2.45, 2.75) is 43.6 Å². The third kappa shape index (κ3) is 5.20. The zero-order chi connectivity index (χ0) is 24.2. The molecule has 5 aromatic rings. The third-order valence-electron chi connectivity index (χ3n) is 5.89. The molecule has 5 rings (SSSR count). The standard InChI is InChI=1S/C28H26N4O2S/c1-19-14-16-22(17-15-19)26-31-30-25(34-26)20(2)35-28-29-24-13-7-6-12-23(24)27(33)32(28)18-8-11-21-9-4-3-5-10-21/h3-7,9-10,12-17,20H,8,11,18H2,1-2H3. The van der Waals surface area contributed by atoms with Gasteiger partial charge in [0.2, 0.25) is 11.8 Å². The molecule has 0 radical (unpaired) electrons. The lowest BCUT2D eigenvalue weighted by Gasteiger charge is -2.15. The fourth-order valence-corrected chi connectivity index (χ4v) is 4.91. The number of nitrogens with zero attached hydrogens (tertiary/aromatic N) is 4. The van der Waals surface area contributed by atoms with Crippen molar-refractivity contribution >= 4 is 22.7 Å². The van der Waals surface area contributed by atoms with Gasteiger partial charge in [0, 0.05) is 12.1 Å². The Balaban J connectivity index is 1.41. The lowest BCUT2D eigenvalue weighted by atomic mass is 10.1. The van der Waals surface area contributed by atoms with Crippen LogP contribution in [0.25, 0.3) is 22.4 Å². The molecule has 2 heterocycles. The van der Waals surface area contributed by atoms with Crippen LogP contribution in [0.2, 0.25) is 0 Å². The molecule has 0 aliphatic rings. The molecule has 0 saturated carbocycles. The Morgan fingerprint density at radius 2 is 1.69 bits per heavy atom. The van der Waals surface area contributed by atoms with Gasteiger partial charge in [-0.05, 0) is 56.5 Å². The first-order valence-electron chi connectivity index (χ1n) is 11.7. The summed E-state index contributed by atoms with van der Waals surface area (Å²) in [5.41, 5.74) is 3.98. The van der Waals surface area contributed by atoms with Gasteiger partial charge in [-0.1, -0.05) is 71.9 Å². The summed E-state index contributed by atoms with van der Waals surface area (Å²) in [7, 11) is 0. The molecule has 1 unspecified atom stereocenters. The summed E-state index contributed by atoms with van der Waals surface area (Å²) < 4.78 is 7.76. The van der Waals surface area contributed by atoms with E-state index in [1.807, 2.05) is 80.6 Å². The summed E-state index contributed by atoms with van der Waals surface area (Å²) >= 11 is 1.47. The minimum absolute atomic E-state index is 0.0239. The molecule has 176 valence electrons. The van der Waals surface area contributed by atoms with Crippen LogP contribution < -0.4 is 5.56 Å². The average Bonchev–Trinajstić information content (AvgIpc) is 3.38. The second-order valence-corrected chi connectivity index (χ2v) is 9.84. The highest BCUT2D eigenvalue weighted by molar-refractivity contribution is 7.99. The Hall–Kier alpha value is -3.71. The second-order valence-electron chi connectivity index (χ2n) is 8.53. The Morgan fingerprint density at radius 1 is 0.943 bits per heavy atom. The van der Waals surface area contributed by atoms with Crippen LogP contribution in [0.1, 0.15) is 35.6 Å². The molecule has 2 aromatic heterocycles. The number of fused-ring (bicyclic) bond motifs is 1. The second kappa shape index (κ2) is 10.3. The molecule has 1 atom stereocenters. The Labute approximate surface area is 208 Å². The molecule has 0 amide bonds. The van der Waals surface area contributed by atoms with Crippen LogP contribution in [0.15, 0.2) is 93.2 Å². The van der Waals surface area contributed by atoms with E-state index in [9.17, 15) is 4.79 Å². The molecule has 0 N–H and O–H groups in total. The van der Waals surface area contributed by atoms with Crippen molar-refractivity contribution in [3.63, 3.8) is 0 Å². The number of aromatic nitrogens is 4. The van der Waals surface area contributed by atoms with E-state index in [4.69, 9.17) is 9.40 Å². The van der Waals surface area contributed by atoms with Crippen LogP contribution in [0.4, 0.5) is 0 Å². The lowest BCUT2D eigenvalue weighted by molar-refractivity contribution is 0.507. The first-order chi connectivity index (χ1) is 17.1. The van der Waals surface area contributed by atoms with Gasteiger partial charge in [-0.3, -0.25) is 9.36 Å². The number of hydrogen-bond acceptors (Lipinski definition) is 6. The van der Waals surface area contributed by atoms with Crippen LogP contribution in [0.5, 0.6) is 0 Å². The van der Waals surface area contributed by atoms with Gasteiger partial charge in [0.1, 0.15) is 0 Å². The zero-order valence-electron chi connectivity index (χ0n) is 19.7. The molecule has 0 aliphatic heterocycles. The van der Waals surface area contributed by atoms with Crippen molar-refractivity contribution in [1.29, 1.82) is 0 Å². The van der Waals surface area contributed by atoms with Crippen molar-refractivity contribution in [1.82, 2.24) is 19.7 Å². The summed E-state index contributed by atoms with van der Waals surface area (Å²) in [5, 5.41) is 9.62. The van der Waals surface area contributed by atoms with E-state index in [0.717, 1.165) is 18.4 Å². The van der Waals surface area contributed by atoms with Gasteiger partial charge in [0.25, 0.3) is 5.56 Å². The first kappa shape index (κ1) is 23.1. The van der Waals surface area contributed by atoms with Crippen LogP contribution in [-0.2, 0) is 13.0 Å². The van der Waals surface area contributed by atoms with E-state index in [1.165, 1.54) is 22.9 Å². The van der Waals surface area contributed by atoms with Crippen LogP contribution in [0.3, 0.4) is 0 Å². The summed E-state index contributed by atoms with van der Waals surface area (Å²) in [6.07, 6.45) is 1.73. The first-order valence-corrected chi connectivity index (χ1v) is 12.6. The van der Waals surface area contributed by atoms with Gasteiger partial charge in [-0.25, -0.2) is 4.98 Å². The maximum Gasteiger partial charge on any atom is 0.262 e. The van der Waals surface area contributed by atoms with Crippen LogP contribution in [0, 0.1) is 6.92 Å². The summed E-state index contributed by atoms with van der Waals surface area (Å²) in [5.74, 6) is 0.989. The van der Waals surface area contributed by atoms with Crippen LogP contribution in [-0.4, -0.2) is 19.7 Å². The fourth-order valence-electron chi connectivity index (χ4n) is 3.94. The molecule has 0 aliphatic carbocycles. The van der Waals surface area contributed by atoms with Gasteiger partial charge >= 0.3 is 0 Å². The van der Waals surface area contributed by atoms with E-state index in [0.29, 0.717) is 34.4 Å². The lowest BCUT2D eigenvalue weighted by Crippen LogP contribution is -2.24. The molecule has 0 bridgehead atoms. The molecule has 35 heavy (non-hydrogen) atoms. The van der Waals surface area contributed by atoms with E-state index in [1.54, 1.807) is 4.57 Å². The molecule has 0 saturated heterocycles. The van der Waals surface area contributed by atoms with Gasteiger partial charge in [-0.2, -0.15) is 0 Å². The number of hydrogen-bond donors (Lipinski definition) is 0. The topological polar surface area (TPSA) is 73.8 Å². The Morgan fingerprint density at radius 3 is 2.49 bits per heavy atom. The maximum absolute atomic E-state index is 13.4. The normalized spacial score (nSPS) is 12.2. The van der Waals surface area contributed by atoms with Crippen molar-refractivity contribution < 1.29 is 4.42 Å². The molecule has 0 spiro atoms. The maximum atomic E-state index is 13.4. The largest absolute Gasteiger partial charge is 0.419 e. The quantitative estimate of drug-likeness (QED) is 0.192. The number of aryl methyl sites for hydroxylation is 2. The molecule has 6 nitrogen and oxygen atoms in total. The number of benzene rings is 3. The van der Waals surface area contributed by atoms with E-state index in [-0.39, 0.29) is 10.8 Å². The molecule has 3 aromatic carbocycles. The zero-order valence-corrected chi connectivity index (χ0v) is 20.5. The van der Waals surface area contributed by atoms with Crippen LogP contribution >= 0.6 is 11.8 Å². The minimum atomic E-state index is -0.171. The number of rotatable bonds is 8. The van der Waals surface area contributed by atoms with Crippen molar-refractivity contribution in [3.8, 4) is 11.5 Å². The minimum Gasteiger partial charge on any atom is -0.419 e. The van der Waals surface area contributed by atoms with Crippen molar-refractivity contribution in [2.24, 2.45) is 0 Å². The summed E-state index contributed by atoms with van der Waals surface area (Å²) in [4.78, 5) is 18.2. The molecule has 7 heteroatoms. The SMILES string of the molecule is Cc1ccc(-c2nnc(C(C)Sc3nc4ccccc4c(=O)n3CCCc3ccccc3)o2)cc1. The monoisotopic (exact) mass is 482 g/mol. The smallest absolute Gasteiger partial charge is 0.262 e. The summed E-state index contributed by atoms with van der Waals surface area (Å²) in [6.45, 7) is 4.61. The summed E-state index contributed by atoms with van der Waals surface area (Å²) in [6, 6.07) is 25.8. The highest BCUT2D eigenvalue weighted by Gasteiger charge is 2.20. The van der Waals surface area contributed by atoms with E-state index < -0.39 is 0 Å². The molecular formula is C28H26N4O2S. The van der Waals surface area contributed by atoms with E-state index >= 15 is 0 Å². The Bertz CT molecular complexity index is 1490. The molecule has 0 fully saturated rings. The predicted molar refractivity (Wildman–Crippen MR) is 140 cm³/mol. The Kier molecular flexibility index (Phi) is 6.77. The van der Waals surface area contributed by atoms with Gasteiger partial charge in [-0.15, -0.1) is 10.2 Å². The average molecular weight is 483 g/mol. The number of para-hydroxylation sites is 1. The van der Waals surface area contributed by atoms with Gasteiger partial charge in [0.15, 0.2) is 5.16 Å². The van der Waals surface area contributed by atoms with Gasteiger partial charge < -0.3 is 4.42 Å². The van der Waals surface area contributed by atoms with Crippen molar-refractivity contribution in [3.05, 3.63) is 106 Å². The number of thioether (sulfide) groups is 1. The fraction of sp³-hybridized carbons (Fsp3) is 0.214. The highest BCUT2D eigenvalue weighted by Crippen LogP contribution is 2.34. The van der Waals surface area contributed by atoms with Gasteiger partial charge in [0.05, 0.1) is 16.2 Å². The third-order valence-corrected chi connectivity index (χ3v) is 6.96. The predicted octanol–water partition coefficient (Wildman–Crippen LogP) is 6.24. The van der Waals surface area contributed by atoms with Crippen molar-refractivity contribution in [2.75, 3.05) is 0 Å². The molecular weight excluding hydrogens is 456 g/mol. The van der Waals surface area contributed by atoms with E-state index in [2.05, 4.69) is 22.3 Å². The highest BCUT2D eigenvalue weighted by atomic mass is 32.2.